The van der Waals surface area contributed by atoms with Gasteiger partial charge < -0.3 is 4.74 Å². The lowest BCUT2D eigenvalue weighted by Crippen LogP contribution is -2.14. The summed E-state index contributed by atoms with van der Waals surface area (Å²) in [5.74, 6) is 1.93. The molecule has 0 unspecified atom stereocenters. The largest absolute Gasteiger partial charge is 0.496 e. The molecule has 0 fully saturated rings. The molecule has 0 atom stereocenters. The van der Waals surface area contributed by atoms with Crippen molar-refractivity contribution < 1.29 is 9.53 Å². The number of carbonyl (C=O) groups excluding carboxylic acids is 1. The van der Waals surface area contributed by atoms with Gasteiger partial charge in [-0.15, -0.1) is 0 Å². The summed E-state index contributed by atoms with van der Waals surface area (Å²) in [6.07, 6.45) is 2.61. The number of hydrogen-bond donors (Lipinski definition) is 0. The Morgan fingerprint density at radius 3 is 2.50 bits per heavy atom. The third kappa shape index (κ3) is 3.77. The van der Waals surface area contributed by atoms with Crippen molar-refractivity contribution in [3.63, 3.8) is 0 Å². The van der Waals surface area contributed by atoms with Crippen LogP contribution in [0.3, 0.4) is 0 Å². The Bertz CT molecular complexity index is 419. The van der Waals surface area contributed by atoms with Crippen LogP contribution < -0.4 is 4.74 Å². The monoisotopic (exact) mass is 266 g/mol. The Morgan fingerprint density at radius 2 is 2.00 bits per heavy atom. The summed E-state index contributed by atoms with van der Waals surface area (Å²) in [7, 11) is 1.67. The third-order valence-electron chi connectivity index (χ3n) is 2.86. The van der Waals surface area contributed by atoms with E-state index in [1.807, 2.05) is 24.5 Å². The maximum absolute atomic E-state index is 12.0. The standard InChI is InChI=1S/C15H22O2S/c1-15(2,3)12-10-11(6-7-14(12)17-4)13(16)8-9-18-5/h6-7,10H,8-9H2,1-5H3. The number of Topliss-reactive ketones (excluding diaryl/α,β-unsaturated/α-hetero) is 1. The van der Waals surface area contributed by atoms with Crippen LogP contribution in [-0.2, 0) is 5.41 Å². The lowest BCUT2D eigenvalue weighted by atomic mass is 9.85. The molecular formula is C15H22O2S. The molecule has 1 rings (SSSR count). The Labute approximate surface area is 114 Å². The number of ether oxygens (including phenoxy) is 1. The van der Waals surface area contributed by atoms with Crippen molar-refractivity contribution >= 4 is 17.5 Å². The summed E-state index contributed by atoms with van der Waals surface area (Å²) in [6, 6.07) is 5.73. The molecule has 100 valence electrons. The summed E-state index contributed by atoms with van der Waals surface area (Å²) in [6.45, 7) is 6.38. The first-order valence-electron chi connectivity index (χ1n) is 6.11. The van der Waals surface area contributed by atoms with Gasteiger partial charge in [0, 0.05) is 23.3 Å². The maximum Gasteiger partial charge on any atom is 0.163 e. The molecule has 2 nitrogen and oxygen atoms in total. The van der Waals surface area contributed by atoms with Crippen LogP contribution in [0.5, 0.6) is 5.75 Å². The van der Waals surface area contributed by atoms with Gasteiger partial charge in [0.05, 0.1) is 7.11 Å². The highest BCUT2D eigenvalue weighted by Gasteiger charge is 2.20. The fourth-order valence-electron chi connectivity index (χ4n) is 1.81. The molecule has 0 saturated heterocycles. The first-order valence-corrected chi connectivity index (χ1v) is 7.50. The number of carbonyl (C=O) groups is 1. The summed E-state index contributed by atoms with van der Waals surface area (Å²) in [4.78, 5) is 12.0. The van der Waals surface area contributed by atoms with Gasteiger partial charge in [-0.25, -0.2) is 0 Å². The average Bonchev–Trinajstić information content (AvgIpc) is 2.34. The smallest absolute Gasteiger partial charge is 0.163 e. The quantitative estimate of drug-likeness (QED) is 0.755. The normalized spacial score (nSPS) is 11.4. The van der Waals surface area contributed by atoms with Crippen molar-refractivity contribution in [3.8, 4) is 5.75 Å². The van der Waals surface area contributed by atoms with Gasteiger partial charge in [-0.1, -0.05) is 20.8 Å². The summed E-state index contributed by atoms with van der Waals surface area (Å²) in [5, 5.41) is 0. The van der Waals surface area contributed by atoms with E-state index in [0.29, 0.717) is 6.42 Å². The minimum absolute atomic E-state index is 0.0266. The highest BCUT2D eigenvalue weighted by atomic mass is 32.2. The van der Waals surface area contributed by atoms with E-state index < -0.39 is 0 Å². The van der Waals surface area contributed by atoms with Crippen LogP contribution in [0.25, 0.3) is 0 Å². The lowest BCUT2D eigenvalue weighted by molar-refractivity contribution is 0.0989. The van der Waals surface area contributed by atoms with Crippen molar-refractivity contribution in [2.45, 2.75) is 32.6 Å². The van der Waals surface area contributed by atoms with Gasteiger partial charge in [-0.2, -0.15) is 11.8 Å². The van der Waals surface area contributed by atoms with E-state index in [9.17, 15) is 4.79 Å². The molecule has 3 heteroatoms. The van der Waals surface area contributed by atoms with Crippen molar-refractivity contribution in [1.82, 2.24) is 0 Å². The third-order valence-corrected chi connectivity index (χ3v) is 3.48. The van der Waals surface area contributed by atoms with Crippen molar-refractivity contribution in [1.29, 1.82) is 0 Å². The molecule has 0 aliphatic rings. The molecule has 0 aliphatic heterocycles. The Kier molecular flexibility index (Phi) is 5.27. The van der Waals surface area contributed by atoms with Gasteiger partial charge >= 0.3 is 0 Å². The molecule has 1 aromatic rings. The van der Waals surface area contributed by atoms with E-state index in [1.165, 1.54) is 0 Å². The highest BCUT2D eigenvalue weighted by molar-refractivity contribution is 7.98. The number of thioether (sulfide) groups is 1. The summed E-state index contributed by atoms with van der Waals surface area (Å²) >= 11 is 1.70. The SMILES string of the molecule is COc1ccc(C(=O)CCSC)cc1C(C)(C)C. The van der Waals surface area contributed by atoms with Gasteiger partial charge in [-0.05, 0) is 29.9 Å². The fraction of sp³-hybridized carbons (Fsp3) is 0.533. The zero-order chi connectivity index (χ0) is 13.8. The van der Waals surface area contributed by atoms with E-state index in [2.05, 4.69) is 20.8 Å². The fourth-order valence-corrected chi connectivity index (χ4v) is 2.20. The molecule has 0 heterocycles. The lowest BCUT2D eigenvalue weighted by Gasteiger charge is -2.22. The summed E-state index contributed by atoms with van der Waals surface area (Å²) in [5.41, 5.74) is 1.84. The van der Waals surface area contributed by atoms with Crippen LogP contribution in [-0.4, -0.2) is 24.9 Å². The minimum Gasteiger partial charge on any atom is -0.496 e. The van der Waals surface area contributed by atoms with Gasteiger partial charge in [0.25, 0.3) is 0 Å². The molecule has 0 aliphatic carbocycles. The Balaban J connectivity index is 3.07. The van der Waals surface area contributed by atoms with E-state index in [4.69, 9.17) is 4.74 Å². The molecule has 0 aromatic heterocycles. The van der Waals surface area contributed by atoms with E-state index in [-0.39, 0.29) is 11.2 Å². The Morgan fingerprint density at radius 1 is 1.33 bits per heavy atom. The van der Waals surface area contributed by atoms with Crippen LogP contribution in [0.4, 0.5) is 0 Å². The average molecular weight is 266 g/mol. The first kappa shape index (κ1) is 15.1. The van der Waals surface area contributed by atoms with Gasteiger partial charge in [-0.3, -0.25) is 4.79 Å². The second-order valence-corrected chi connectivity index (χ2v) is 6.32. The van der Waals surface area contributed by atoms with Crippen LogP contribution >= 0.6 is 11.8 Å². The van der Waals surface area contributed by atoms with Gasteiger partial charge in [0.2, 0.25) is 0 Å². The van der Waals surface area contributed by atoms with E-state index in [0.717, 1.165) is 22.6 Å². The van der Waals surface area contributed by atoms with Crippen LogP contribution in [0.2, 0.25) is 0 Å². The number of methoxy groups -OCH3 is 1. The molecule has 0 N–H and O–H groups in total. The number of ketones is 1. The minimum atomic E-state index is -0.0266. The summed E-state index contributed by atoms with van der Waals surface area (Å²) < 4.78 is 5.37. The predicted octanol–water partition coefficient (Wildman–Crippen LogP) is 3.93. The van der Waals surface area contributed by atoms with Crippen molar-refractivity contribution in [2.24, 2.45) is 0 Å². The molecule has 1 aromatic carbocycles. The van der Waals surface area contributed by atoms with E-state index >= 15 is 0 Å². The number of rotatable bonds is 5. The van der Waals surface area contributed by atoms with Gasteiger partial charge in [0.1, 0.15) is 5.75 Å². The zero-order valence-electron chi connectivity index (χ0n) is 11.9. The van der Waals surface area contributed by atoms with Crippen molar-refractivity contribution in [3.05, 3.63) is 29.3 Å². The predicted molar refractivity (Wildman–Crippen MR) is 79.0 cm³/mol. The highest BCUT2D eigenvalue weighted by Crippen LogP contribution is 2.32. The van der Waals surface area contributed by atoms with Crippen LogP contribution in [0, 0.1) is 0 Å². The van der Waals surface area contributed by atoms with Crippen molar-refractivity contribution in [2.75, 3.05) is 19.1 Å². The molecular weight excluding hydrogens is 244 g/mol. The molecule has 0 radical (unpaired) electrons. The topological polar surface area (TPSA) is 26.3 Å². The molecule has 0 saturated carbocycles. The van der Waals surface area contributed by atoms with E-state index in [1.54, 1.807) is 18.9 Å². The second kappa shape index (κ2) is 6.28. The maximum atomic E-state index is 12.0. The second-order valence-electron chi connectivity index (χ2n) is 5.33. The van der Waals surface area contributed by atoms with Crippen LogP contribution in [0.15, 0.2) is 18.2 Å². The molecule has 0 amide bonds. The molecule has 0 spiro atoms. The van der Waals surface area contributed by atoms with Crippen LogP contribution in [0.1, 0.15) is 43.1 Å². The first-order chi connectivity index (χ1) is 8.40. The molecule has 0 bridgehead atoms. The number of benzene rings is 1. The number of hydrogen-bond acceptors (Lipinski definition) is 3. The van der Waals surface area contributed by atoms with Gasteiger partial charge in [0.15, 0.2) is 5.78 Å². The zero-order valence-corrected chi connectivity index (χ0v) is 12.7. The Hall–Kier alpha value is -0.960. The molecule has 18 heavy (non-hydrogen) atoms.